The van der Waals surface area contributed by atoms with Crippen molar-refractivity contribution in [2.75, 3.05) is 11.5 Å². The van der Waals surface area contributed by atoms with Gasteiger partial charge in [0.1, 0.15) is 0 Å². The van der Waals surface area contributed by atoms with Crippen LogP contribution >= 0.6 is 23.5 Å². The fourth-order valence-electron chi connectivity index (χ4n) is 4.06. The molecule has 0 aromatic rings. The van der Waals surface area contributed by atoms with E-state index >= 15 is 0 Å². The van der Waals surface area contributed by atoms with E-state index in [2.05, 4.69) is 42.7 Å². The van der Waals surface area contributed by atoms with Gasteiger partial charge in [-0.3, -0.25) is 0 Å². The molecule has 22 heavy (non-hydrogen) atoms. The first-order valence-electron chi connectivity index (χ1n) is 9.78. The van der Waals surface area contributed by atoms with Crippen LogP contribution in [0.4, 0.5) is 0 Å². The van der Waals surface area contributed by atoms with Gasteiger partial charge in [-0.2, -0.15) is 0 Å². The van der Waals surface area contributed by atoms with Gasteiger partial charge in [-0.15, -0.1) is 23.5 Å². The van der Waals surface area contributed by atoms with Gasteiger partial charge >= 0.3 is 0 Å². The van der Waals surface area contributed by atoms with E-state index < -0.39 is 0 Å². The molecule has 1 spiro atoms. The van der Waals surface area contributed by atoms with E-state index in [4.69, 9.17) is 0 Å². The van der Waals surface area contributed by atoms with Crippen LogP contribution < -0.4 is 5.32 Å². The third kappa shape index (κ3) is 6.65. The smallest absolute Gasteiger partial charge is 0.0641 e. The normalized spacial score (nSPS) is 27.5. The molecule has 2 atom stereocenters. The molecule has 0 unspecified atom stereocenters. The second kappa shape index (κ2) is 10.5. The summed E-state index contributed by atoms with van der Waals surface area (Å²) in [5.74, 6) is 2.75. The Morgan fingerprint density at radius 3 is 2.09 bits per heavy atom. The number of nitrogens with one attached hydrogen (secondary N) is 1. The van der Waals surface area contributed by atoms with Gasteiger partial charge in [-0.25, -0.2) is 0 Å². The lowest BCUT2D eigenvalue weighted by molar-refractivity contribution is 0.309. The van der Waals surface area contributed by atoms with Crippen LogP contribution in [0.15, 0.2) is 0 Å². The molecule has 0 aliphatic carbocycles. The monoisotopic (exact) mass is 343 g/mol. The molecular formula is C19H37NS2. The van der Waals surface area contributed by atoms with E-state index in [-0.39, 0.29) is 0 Å². The molecule has 2 rings (SSSR count). The molecule has 0 saturated carbocycles. The molecule has 0 aromatic heterocycles. The third-order valence-electron chi connectivity index (χ3n) is 5.16. The molecule has 2 aliphatic rings. The van der Waals surface area contributed by atoms with Crippen LogP contribution in [0.1, 0.15) is 90.9 Å². The van der Waals surface area contributed by atoms with Gasteiger partial charge < -0.3 is 5.32 Å². The summed E-state index contributed by atoms with van der Waals surface area (Å²) >= 11 is 4.51. The van der Waals surface area contributed by atoms with Crippen molar-refractivity contribution >= 4 is 23.5 Å². The lowest BCUT2D eigenvalue weighted by atomic mass is 9.94. The molecule has 1 N–H and O–H groups in total. The second-order valence-electron chi connectivity index (χ2n) is 7.40. The van der Waals surface area contributed by atoms with Crippen molar-refractivity contribution in [3.8, 4) is 0 Å². The van der Waals surface area contributed by atoms with E-state index in [1.807, 2.05) is 0 Å². The Morgan fingerprint density at radius 2 is 1.45 bits per heavy atom. The fraction of sp³-hybridized carbons (Fsp3) is 1.00. The van der Waals surface area contributed by atoms with Crippen LogP contribution in [0.2, 0.25) is 0 Å². The van der Waals surface area contributed by atoms with Crippen molar-refractivity contribution in [2.24, 2.45) is 0 Å². The van der Waals surface area contributed by atoms with E-state index in [0.29, 0.717) is 4.08 Å². The third-order valence-corrected chi connectivity index (χ3v) is 8.67. The van der Waals surface area contributed by atoms with Crippen LogP contribution in [-0.2, 0) is 0 Å². The Morgan fingerprint density at radius 1 is 0.864 bits per heavy atom. The predicted octanol–water partition coefficient (Wildman–Crippen LogP) is 6.22. The molecule has 2 fully saturated rings. The average Bonchev–Trinajstić information content (AvgIpc) is 2.92. The van der Waals surface area contributed by atoms with Crippen LogP contribution in [0.3, 0.4) is 0 Å². The van der Waals surface area contributed by atoms with E-state index in [1.54, 1.807) is 0 Å². The number of rotatable bonds is 10. The lowest BCUT2D eigenvalue weighted by Crippen LogP contribution is -2.49. The molecule has 2 saturated heterocycles. The molecule has 2 aliphatic heterocycles. The molecule has 0 radical (unpaired) electrons. The minimum absolute atomic E-state index is 0.578. The molecule has 0 bridgehead atoms. The van der Waals surface area contributed by atoms with Crippen molar-refractivity contribution in [2.45, 2.75) is 107 Å². The maximum Gasteiger partial charge on any atom is 0.0641 e. The zero-order valence-corrected chi connectivity index (χ0v) is 16.5. The molecule has 1 nitrogen and oxygen atoms in total. The number of unbranched alkanes of at least 4 members (excludes halogenated alkanes) is 8. The predicted molar refractivity (Wildman–Crippen MR) is 105 cm³/mol. The van der Waals surface area contributed by atoms with E-state index in [9.17, 15) is 0 Å². The van der Waals surface area contributed by atoms with Crippen LogP contribution in [-0.4, -0.2) is 27.7 Å². The summed E-state index contributed by atoms with van der Waals surface area (Å²) in [4.78, 5) is 0. The van der Waals surface area contributed by atoms with Crippen molar-refractivity contribution in [3.05, 3.63) is 0 Å². The Hall–Kier alpha value is 0.660. The van der Waals surface area contributed by atoms with Crippen molar-refractivity contribution in [1.82, 2.24) is 5.32 Å². The molecular weight excluding hydrogens is 306 g/mol. The zero-order valence-electron chi connectivity index (χ0n) is 14.9. The van der Waals surface area contributed by atoms with Gasteiger partial charge in [0.05, 0.1) is 4.08 Å². The molecule has 130 valence electrons. The van der Waals surface area contributed by atoms with Crippen LogP contribution in [0.25, 0.3) is 0 Å². The van der Waals surface area contributed by atoms with Gasteiger partial charge in [0, 0.05) is 23.6 Å². The summed E-state index contributed by atoms with van der Waals surface area (Å²) in [6.07, 6.45) is 17.2. The van der Waals surface area contributed by atoms with Gasteiger partial charge in [0.15, 0.2) is 0 Å². The highest BCUT2D eigenvalue weighted by molar-refractivity contribution is 8.21. The SMILES string of the molecule is CCCCCCCCCCC[C@H]1CC2(C[C@@H](C)N1)SCCS2. The maximum absolute atomic E-state index is 3.87. The first-order chi connectivity index (χ1) is 10.7. The topological polar surface area (TPSA) is 12.0 Å². The van der Waals surface area contributed by atoms with Crippen molar-refractivity contribution in [3.63, 3.8) is 0 Å². The average molecular weight is 344 g/mol. The van der Waals surface area contributed by atoms with E-state index in [0.717, 1.165) is 12.1 Å². The second-order valence-corrected chi connectivity index (χ2v) is 10.6. The van der Waals surface area contributed by atoms with E-state index in [1.165, 1.54) is 88.6 Å². The highest BCUT2D eigenvalue weighted by Gasteiger charge is 2.42. The quantitative estimate of drug-likeness (QED) is 0.473. The lowest BCUT2D eigenvalue weighted by Gasteiger charge is -2.41. The number of hydrogen-bond acceptors (Lipinski definition) is 3. The number of piperidine rings is 1. The van der Waals surface area contributed by atoms with Gasteiger partial charge in [-0.1, -0.05) is 64.7 Å². The summed E-state index contributed by atoms with van der Waals surface area (Å²) in [5, 5.41) is 3.87. The summed E-state index contributed by atoms with van der Waals surface area (Å²) in [6.45, 7) is 4.69. The molecule has 0 aromatic carbocycles. The minimum atomic E-state index is 0.578. The Bertz CT molecular complexity index is 289. The maximum atomic E-state index is 3.87. The Balaban J connectivity index is 1.51. The molecule has 3 heteroatoms. The van der Waals surface area contributed by atoms with Gasteiger partial charge in [0.25, 0.3) is 0 Å². The van der Waals surface area contributed by atoms with Crippen LogP contribution in [0.5, 0.6) is 0 Å². The number of thioether (sulfide) groups is 2. The minimum Gasteiger partial charge on any atom is -0.311 e. The fourth-order valence-corrected chi connectivity index (χ4v) is 7.68. The van der Waals surface area contributed by atoms with Crippen molar-refractivity contribution < 1.29 is 0 Å². The first kappa shape index (κ1) is 19.0. The summed E-state index contributed by atoms with van der Waals surface area (Å²) < 4.78 is 0.578. The first-order valence-corrected chi connectivity index (χ1v) is 11.8. The standard InChI is InChI=1S/C19H37NS2/c1-3-4-5-6-7-8-9-10-11-12-18-16-19(15-17(2)20-18)21-13-14-22-19/h17-18,20H,3-16H2,1-2H3/t17-,18+/m1/s1. The highest BCUT2D eigenvalue weighted by Crippen LogP contribution is 2.52. The molecule has 0 amide bonds. The summed E-state index contributed by atoms with van der Waals surface area (Å²) in [6, 6.07) is 1.50. The Labute approximate surface area is 147 Å². The zero-order chi connectivity index (χ0) is 15.7. The van der Waals surface area contributed by atoms with Crippen molar-refractivity contribution in [1.29, 1.82) is 0 Å². The van der Waals surface area contributed by atoms with Crippen LogP contribution in [0, 0.1) is 0 Å². The highest BCUT2D eigenvalue weighted by atomic mass is 32.2. The van der Waals surface area contributed by atoms with Gasteiger partial charge in [0.2, 0.25) is 0 Å². The number of hydrogen-bond donors (Lipinski definition) is 1. The molecule has 2 heterocycles. The largest absolute Gasteiger partial charge is 0.311 e. The summed E-state index contributed by atoms with van der Waals surface area (Å²) in [7, 11) is 0. The summed E-state index contributed by atoms with van der Waals surface area (Å²) in [5.41, 5.74) is 0. The Kier molecular flexibility index (Phi) is 9.07. The van der Waals surface area contributed by atoms with Gasteiger partial charge in [-0.05, 0) is 26.2 Å².